The Hall–Kier alpha value is -1.16. The van der Waals surface area contributed by atoms with E-state index in [1.165, 1.54) is 4.90 Å². The number of fused-ring (bicyclic) bond motifs is 1. The van der Waals surface area contributed by atoms with E-state index < -0.39 is 0 Å². The third-order valence-electron chi connectivity index (χ3n) is 3.33. The van der Waals surface area contributed by atoms with Gasteiger partial charge in [-0.1, -0.05) is 35.0 Å². The number of halogens is 1. The van der Waals surface area contributed by atoms with Crippen molar-refractivity contribution in [1.82, 2.24) is 4.90 Å². The fourth-order valence-electron chi connectivity index (χ4n) is 2.12. The molecule has 4 heteroatoms. The molecular formula is C14H16BrNO2. The minimum Gasteiger partial charge on any atom is -0.274 e. The van der Waals surface area contributed by atoms with Gasteiger partial charge in [0.1, 0.15) is 0 Å². The molecule has 2 rings (SSSR count). The molecule has 0 N–H and O–H groups in total. The Morgan fingerprint density at radius 3 is 2.17 bits per heavy atom. The number of hydrogen-bond acceptors (Lipinski definition) is 2. The summed E-state index contributed by atoms with van der Waals surface area (Å²) in [5.41, 5.74) is 1.08. The molecule has 1 atom stereocenters. The van der Waals surface area contributed by atoms with Crippen molar-refractivity contribution in [3.05, 3.63) is 35.4 Å². The Morgan fingerprint density at radius 1 is 1.11 bits per heavy atom. The van der Waals surface area contributed by atoms with Crippen LogP contribution < -0.4 is 0 Å². The third-order valence-corrected chi connectivity index (χ3v) is 3.78. The summed E-state index contributed by atoms with van der Waals surface area (Å²) >= 11 is 3.40. The summed E-state index contributed by atoms with van der Waals surface area (Å²) in [5.74, 6) is 0.206. The van der Waals surface area contributed by atoms with Gasteiger partial charge in [0.2, 0.25) is 0 Å². The SMILES string of the molecule is CC(CCBr)CCN1C(=O)c2ccccc2C1=O. The lowest BCUT2D eigenvalue weighted by atomic mass is 10.1. The maximum absolute atomic E-state index is 12.1. The Labute approximate surface area is 115 Å². The van der Waals surface area contributed by atoms with E-state index in [0.717, 1.165) is 18.2 Å². The smallest absolute Gasteiger partial charge is 0.261 e. The summed E-state index contributed by atoms with van der Waals surface area (Å²) in [6.07, 6.45) is 1.92. The molecular weight excluding hydrogens is 294 g/mol. The van der Waals surface area contributed by atoms with E-state index in [0.29, 0.717) is 23.6 Å². The molecule has 1 aliphatic rings. The molecule has 0 aliphatic carbocycles. The predicted molar refractivity (Wildman–Crippen MR) is 74.0 cm³/mol. The van der Waals surface area contributed by atoms with Gasteiger partial charge in [-0.15, -0.1) is 0 Å². The Balaban J connectivity index is 2.05. The monoisotopic (exact) mass is 309 g/mol. The van der Waals surface area contributed by atoms with Gasteiger partial charge in [-0.2, -0.15) is 0 Å². The standard InChI is InChI=1S/C14H16BrNO2/c1-10(6-8-15)7-9-16-13(17)11-4-2-3-5-12(11)14(16)18/h2-5,10H,6-9H2,1H3. The predicted octanol–water partition coefficient (Wildman–Crippen LogP) is 3.09. The lowest BCUT2D eigenvalue weighted by molar-refractivity contribution is 0.0646. The van der Waals surface area contributed by atoms with Crippen molar-refractivity contribution >= 4 is 27.7 Å². The zero-order chi connectivity index (χ0) is 13.1. The van der Waals surface area contributed by atoms with Crippen molar-refractivity contribution in [2.75, 3.05) is 11.9 Å². The fourth-order valence-corrected chi connectivity index (χ4v) is 2.90. The van der Waals surface area contributed by atoms with Gasteiger partial charge in [0.25, 0.3) is 11.8 Å². The van der Waals surface area contributed by atoms with Crippen LogP contribution in [-0.2, 0) is 0 Å². The average molecular weight is 310 g/mol. The van der Waals surface area contributed by atoms with Crippen molar-refractivity contribution in [3.63, 3.8) is 0 Å². The first-order chi connectivity index (χ1) is 8.65. The second-order valence-corrected chi connectivity index (χ2v) is 5.47. The molecule has 2 amide bonds. The molecule has 96 valence electrons. The second-order valence-electron chi connectivity index (χ2n) is 4.68. The van der Waals surface area contributed by atoms with Crippen LogP contribution in [0.1, 0.15) is 40.5 Å². The molecule has 3 nitrogen and oxygen atoms in total. The van der Waals surface area contributed by atoms with E-state index in [1.807, 2.05) is 0 Å². The summed E-state index contributed by atoms with van der Waals surface area (Å²) in [5, 5.41) is 0.955. The third kappa shape index (κ3) is 2.48. The van der Waals surface area contributed by atoms with Crippen LogP contribution in [-0.4, -0.2) is 28.6 Å². The number of imide groups is 1. The number of carbonyl (C=O) groups excluding carboxylic acids is 2. The van der Waals surface area contributed by atoms with Crippen LogP contribution in [0.4, 0.5) is 0 Å². The summed E-state index contributed by atoms with van der Waals surface area (Å²) in [6.45, 7) is 2.65. The second kappa shape index (κ2) is 5.65. The first-order valence-corrected chi connectivity index (χ1v) is 7.28. The lowest BCUT2D eigenvalue weighted by Crippen LogP contribution is -2.31. The summed E-state index contributed by atoms with van der Waals surface area (Å²) in [6, 6.07) is 7.02. The zero-order valence-corrected chi connectivity index (χ0v) is 11.9. The van der Waals surface area contributed by atoms with E-state index in [2.05, 4.69) is 22.9 Å². The average Bonchev–Trinajstić information content (AvgIpc) is 2.61. The molecule has 1 unspecified atom stereocenters. The van der Waals surface area contributed by atoms with Crippen LogP contribution in [0.3, 0.4) is 0 Å². The molecule has 0 spiro atoms. The normalized spacial score (nSPS) is 16.0. The van der Waals surface area contributed by atoms with Crippen molar-refractivity contribution < 1.29 is 9.59 Å². The van der Waals surface area contributed by atoms with E-state index in [4.69, 9.17) is 0 Å². The molecule has 1 aliphatic heterocycles. The van der Waals surface area contributed by atoms with Crippen LogP contribution >= 0.6 is 15.9 Å². The lowest BCUT2D eigenvalue weighted by Gasteiger charge is -2.16. The molecule has 0 radical (unpaired) electrons. The quantitative estimate of drug-likeness (QED) is 0.619. The van der Waals surface area contributed by atoms with Crippen LogP contribution in [0.2, 0.25) is 0 Å². The first-order valence-electron chi connectivity index (χ1n) is 6.16. The molecule has 0 bridgehead atoms. The minimum absolute atomic E-state index is 0.151. The molecule has 0 aromatic heterocycles. The molecule has 0 saturated heterocycles. The van der Waals surface area contributed by atoms with Crippen molar-refractivity contribution in [2.45, 2.75) is 19.8 Å². The highest BCUT2D eigenvalue weighted by Gasteiger charge is 2.34. The Kier molecular flexibility index (Phi) is 4.17. The van der Waals surface area contributed by atoms with Gasteiger partial charge < -0.3 is 0 Å². The van der Waals surface area contributed by atoms with Gasteiger partial charge in [0.05, 0.1) is 11.1 Å². The maximum Gasteiger partial charge on any atom is 0.261 e. The van der Waals surface area contributed by atoms with Gasteiger partial charge in [-0.3, -0.25) is 14.5 Å². The summed E-state index contributed by atoms with van der Waals surface area (Å²) < 4.78 is 0. The van der Waals surface area contributed by atoms with Crippen molar-refractivity contribution in [3.8, 4) is 0 Å². The molecule has 0 fully saturated rings. The molecule has 1 aromatic carbocycles. The van der Waals surface area contributed by atoms with Gasteiger partial charge in [0, 0.05) is 11.9 Å². The number of rotatable bonds is 5. The minimum atomic E-state index is -0.151. The molecule has 1 aromatic rings. The number of alkyl halides is 1. The maximum atomic E-state index is 12.1. The molecule has 1 heterocycles. The number of hydrogen-bond donors (Lipinski definition) is 0. The zero-order valence-electron chi connectivity index (χ0n) is 10.4. The molecule has 0 saturated carbocycles. The van der Waals surface area contributed by atoms with Crippen LogP contribution in [0, 0.1) is 5.92 Å². The van der Waals surface area contributed by atoms with Gasteiger partial charge >= 0.3 is 0 Å². The van der Waals surface area contributed by atoms with E-state index in [-0.39, 0.29) is 11.8 Å². The largest absolute Gasteiger partial charge is 0.274 e. The van der Waals surface area contributed by atoms with Crippen molar-refractivity contribution in [1.29, 1.82) is 0 Å². The number of nitrogens with zero attached hydrogens (tertiary/aromatic N) is 1. The fraction of sp³-hybridized carbons (Fsp3) is 0.429. The topological polar surface area (TPSA) is 37.4 Å². The Morgan fingerprint density at radius 2 is 1.67 bits per heavy atom. The van der Waals surface area contributed by atoms with E-state index in [1.54, 1.807) is 24.3 Å². The van der Waals surface area contributed by atoms with E-state index in [9.17, 15) is 9.59 Å². The first kappa shape index (κ1) is 13.3. The van der Waals surface area contributed by atoms with Crippen LogP contribution in [0.15, 0.2) is 24.3 Å². The van der Waals surface area contributed by atoms with Gasteiger partial charge in [0.15, 0.2) is 0 Å². The van der Waals surface area contributed by atoms with Crippen molar-refractivity contribution in [2.24, 2.45) is 5.92 Å². The van der Waals surface area contributed by atoms with Crippen LogP contribution in [0.5, 0.6) is 0 Å². The number of amides is 2. The summed E-state index contributed by atoms with van der Waals surface area (Å²) in [7, 11) is 0. The van der Waals surface area contributed by atoms with Crippen LogP contribution in [0.25, 0.3) is 0 Å². The van der Waals surface area contributed by atoms with E-state index >= 15 is 0 Å². The highest BCUT2D eigenvalue weighted by molar-refractivity contribution is 9.09. The molecule has 18 heavy (non-hydrogen) atoms. The number of benzene rings is 1. The number of carbonyl (C=O) groups is 2. The summed E-state index contributed by atoms with van der Waals surface area (Å²) in [4.78, 5) is 25.5. The van der Waals surface area contributed by atoms with Gasteiger partial charge in [-0.05, 0) is 30.9 Å². The highest BCUT2D eigenvalue weighted by Crippen LogP contribution is 2.23. The van der Waals surface area contributed by atoms with Gasteiger partial charge in [-0.25, -0.2) is 0 Å². The highest BCUT2D eigenvalue weighted by atomic mass is 79.9. The Bertz CT molecular complexity index is 438.